The minimum absolute atomic E-state index is 0.141. The van der Waals surface area contributed by atoms with Gasteiger partial charge in [-0.05, 0) is 44.0 Å². The maximum Gasteiger partial charge on any atom is 0.191 e. The molecule has 1 heterocycles. The van der Waals surface area contributed by atoms with Gasteiger partial charge < -0.3 is 10.6 Å². The molecule has 0 bridgehead atoms. The lowest BCUT2D eigenvalue weighted by molar-refractivity contribution is 0.157. The molecule has 1 aromatic carbocycles. The molecule has 0 amide bonds. The predicted molar refractivity (Wildman–Crippen MR) is 94.4 cm³/mol. The van der Waals surface area contributed by atoms with Crippen molar-refractivity contribution in [1.29, 1.82) is 0 Å². The third kappa shape index (κ3) is 5.50. The summed E-state index contributed by atoms with van der Waals surface area (Å²) in [5, 5.41) is 6.68. The van der Waals surface area contributed by atoms with Gasteiger partial charge in [-0.25, -0.2) is 4.39 Å². The summed E-state index contributed by atoms with van der Waals surface area (Å²) in [4.78, 5) is 6.79. The average Bonchev–Trinajstić information content (AvgIpc) is 2.59. The van der Waals surface area contributed by atoms with Gasteiger partial charge in [0.05, 0.1) is 0 Å². The molecule has 1 fully saturated rings. The molecular formula is C18H29FN4. The zero-order valence-electron chi connectivity index (χ0n) is 14.3. The van der Waals surface area contributed by atoms with Crippen molar-refractivity contribution in [1.82, 2.24) is 15.5 Å². The fraction of sp³-hybridized carbons (Fsp3) is 0.611. The molecule has 23 heavy (non-hydrogen) atoms. The molecule has 0 aromatic heterocycles. The van der Waals surface area contributed by atoms with Crippen LogP contribution >= 0.6 is 0 Å². The van der Waals surface area contributed by atoms with Gasteiger partial charge in [-0.3, -0.25) is 9.89 Å². The normalized spacial score (nSPS) is 19.6. The largest absolute Gasteiger partial charge is 0.356 e. The van der Waals surface area contributed by atoms with Crippen LogP contribution in [0.3, 0.4) is 0 Å². The second-order valence-electron chi connectivity index (χ2n) is 6.00. The molecule has 4 nitrogen and oxygen atoms in total. The molecule has 1 saturated heterocycles. The van der Waals surface area contributed by atoms with Crippen LogP contribution in [0.25, 0.3) is 0 Å². The lowest BCUT2D eigenvalue weighted by atomic mass is 10.0. The maximum absolute atomic E-state index is 13.6. The molecule has 1 aliphatic heterocycles. The van der Waals surface area contributed by atoms with Gasteiger partial charge in [-0.1, -0.05) is 31.5 Å². The van der Waals surface area contributed by atoms with Gasteiger partial charge in [0.15, 0.2) is 5.96 Å². The number of guanidine groups is 1. The molecule has 1 unspecified atom stereocenters. The molecule has 1 aliphatic rings. The Morgan fingerprint density at radius 1 is 1.30 bits per heavy atom. The van der Waals surface area contributed by atoms with Gasteiger partial charge in [0.2, 0.25) is 0 Å². The monoisotopic (exact) mass is 320 g/mol. The van der Waals surface area contributed by atoms with E-state index in [-0.39, 0.29) is 5.82 Å². The Balaban J connectivity index is 1.74. The van der Waals surface area contributed by atoms with Crippen LogP contribution in [0, 0.1) is 5.82 Å². The standard InChI is InChI=1S/C18H29FN4/c1-3-23-13-7-6-9-16(23)14-22-18(20-2)21-12-11-15-8-4-5-10-17(15)19/h4-5,8,10,16H,3,6-7,9,11-14H2,1-2H3,(H2,20,21,22). The zero-order valence-corrected chi connectivity index (χ0v) is 14.3. The number of likely N-dealkylation sites (N-methyl/N-ethyl adjacent to an activating group) is 1. The van der Waals surface area contributed by atoms with Crippen molar-refractivity contribution in [2.75, 3.05) is 33.2 Å². The summed E-state index contributed by atoms with van der Waals surface area (Å²) in [6.07, 6.45) is 4.51. The fourth-order valence-electron chi connectivity index (χ4n) is 3.16. The first kappa shape index (κ1) is 17.7. The summed E-state index contributed by atoms with van der Waals surface area (Å²) in [7, 11) is 1.77. The highest BCUT2D eigenvalue weighted by atomic mass is 19.1. The van der Waals surface area contributed by atoms with Crippen LogP contribution in [0.2, 0.25) is 0 Å². The summed E-state index contributed by atoms with van der Waals surface area (Å²) in [5.74, 6) is 0.654. The summed E-state index contributed by atoms with van der Waals surface area (Å²) >= 11 is 0. The van der Waals surface area contributed by atoms with Crippen molar-refractivity contribution in [3.8, 4) is 0 Å². The quantitative estimate of drug-likeness (QED) is 0.624. The van der Waals surface area contributed by atoms with Crippen molar-refractivity contribution >= 4 is 5.96 Å². The highest BCUT2D eigenvalue weighted by Crippen LogP contribution is 2.15. The van der Waals surface area contributed by atoms with E-state index >= 15 is 0 Å². The van der Waals surface area contributed by atoms with E-state index in [1.165, 1.54) is 31.9 Å². The first-order valence-electron chi connectivity index (χ1n) is 8.66. The Morgan fingerprint density at radius 3 is 2.87 bits per heavy atom. The summed E-state index contributed by atoms with van der Waals surface area (Å²) in [5.41, 5.74) is 0.736. The van der Waals surface area contributed by atoms with Crippen molar-refractivity contribution in [3.05, 3.63) is 35.6 Å². The van der Waals surface area contributed by atoms with Crippen LogP contribution in [-0.4, -0.2) is 50.1 Å². The van der Waals surface area contributed by atoms with E-state index in [1.807, 2.05) is 12.1 Å². The summed E-state index contributed by atoms with van der Waals surface area (Å²) in [6.45, 7) is 6.10. The van der Waals surface area contributed by atoms with E-state index in [4.69, 9.17) is 0 Å². The molecule has 0 saturated carbocycles. The summed E-state index contributed by atoms with van der Waals surface area (Å²) in [6, 6.07) is 7.50. The first-order chi connectivity index (χ1) is 11.2. The molecule has 1 aromatic rings. The minimum atomic E-state index is -0.141. The number of nitrogens with zero attached hydrogens (tertiary/aromatic N) is 2. The highest BCUT2D eigenvalue weighted by molar-refractivity contribution is 5.79. The van der Waals surface area contributed by atoms with Crippen LogP contribution in [0.1, 0.15) is 31.7 Å². The van der Waals surface area contributed by atoms with Crippen LogP contribution < -0.4 is 10.6 Å². The average molecular weight is 320 g/mol. The van der Waals surface area contributed by atoms with E-state index in [0.29, 0.717) is 19.0 Å². The molecule has 5 heteroatoms. The number of hydrogen-bond donors (Lipinski definition) is 2. The smallest absolute Gasteiger partial charge is 0.191 e. The Bertz CT molecular complexity index is 504. The Kier molecular flexibility index (Phi) is 7.33. The van der Waals surface area contributed by atoms with Crippen LogP contribution in [0.15, 0.2) is 29.3 Å². The van der Waals surface area contributed by atoms with E-state index in [2.05, 4.69) is 27.4 Å². The van der Waals surface area contributed by atoms with E-state index < -0.39 is 0 Å². The van der Waals surface area contributed by atoms with E-state index in [1.54, 1.807) is 13.1 Å². The molecule has 0 spiro atoms. The third-order valence-corrected chi connectivity index (χ3v) is 4.53. The van der Waals surface area contributed by atoms with Gasteiger partial charge in [0.25, 0.3) is 0 Å². The molecule has 0 radical (unpaired) electrons. The predicted octanol–water partition coefficient (Wildman–Crippen LogP) is 2.41. The Labute approximate surface area is 139 Å². The van der Waals surface area contributed by atoms with Crippen molar-refractivity contribution in [2.45, 2.75) is 38.6 Å². The minimum Gasteiger partial charge on any atom is -0.356 e. The topological polar surface area (TPSA) is 39.7 Å². The lowest BCUT2D eigenvalue weighted by Crippen LogP contribution is -2.49. The van der Waals surface area contributed by atoms with Gasteiger partial charge >= 0.3 is 0 Å². The Morgan fingerprint density at radius 2 is 2.13 bits per heavy atom. The number of hydrogen-bond acceptors (Lipinski definition) is 2. The fourth-order valence-corrected chi connectivity index (χ4v) is 3.16. The number of halogens is 1. The third-order valence-electron chi connectivity index (χ3n) is 4.53. The molecule has 0 aliphatic carbocycles. The van der Waals surface area contributed by atoms with Gasteiger partial charge in [-0.15, -0.1) is 0 Å². The van der Waals surface area contributed by atoms with Gasteiger partial charge in [0.1, 0.15) is 5.82 Å². The second-order valence-corrected chi connectivity index (χ2v) is 6.00. The SMILES string of the molecule is CCN1CCCCC1CNC(=NC)NCCc1ccccc1F. The van der Waals surface area contributed by atoms with E-state index in [9.17, 15) is 4.39 Å². The maximum atomic E-state index is 13.6. The number of nitrogens with one attached hydrogen (secondary N) is 2. The molecule has 128 valence electrons. The zero-order chi connectivity index (χ0) is 16.5. The number of benzene rings is 1. The molecule has 1 atom stereocenters. The number of piperidine rings is 1. The van der Waals surface area contributed by atoms with Crippen molar-refractivity contribution < 1.29 is 4.39 Å². The van der Waals surface area contributed by atoms with Crippen molar-refractivity contribution in [2.24, 2.45) is 4.99 Å². The van der Waals surface area contributed by atoms with Crippen molar-refractivity contribution in [3.63, 3.8) is 0 Å². The van der Waals surface area contributed by atoms with Gasteiger partial charge in [-0.2, -0.15) is 0 Å². The first-order valence-corrected chi connectivity index (χ1v) is 8.66. The number of aliphatic imine (C=N–C) groups is 1. The Hall–Kier alpha value is -1.62. The van der Waals surface area contributed by atoms with E-state index in [0.717, 1.165) is 24.6 Å². The molecule has 2 N–H and O–H groups in total. The number of rotatable bonds is 6. The van der Waals surface area contributed by atoms with Crippen LogP contribution in [0.4, 0.5) is 4.39 Å². The number of likely N-dealkylation sites (tertiary alicyclic amines) is 1. The van der Waals surface area contributed by atoms with Gasteiger partial charge in [0, 0.05) is 26.2 Å². The van der Waals surface area contributed by atoms with Crippen LogP contribution in [-0.2, 0) is 6.42 Å². The highest BCUT2D eigenvalue weighted by Gasteiger charge is 2.20. The lowest BCUT2D eigenvalue weighted by Gasteiger charge is -2.35. The molecular weight excluding hydrogens is 291 g/mol. The van der Waals surface area contributed by atoms with Crippen LogP contribution in [0.5, 0.6) is 0 Å². The second kappa shape index (κ2) is 9.50. The summed E-state index contributed by atoms with van der Waals surface area (Å²) < 4.78 is 13.6. The molecule has 2 rings (SSSR count).